The molecule has 250 valence electrons. The highest BCUT2D eigenvalue weighted by Gasteiger charge is 2.28. The van der Waals surface area contributed by atoms with Crippen LogP contribution in [0.3, 0.4) is 0 Å². The van der Waals surface area contributed by atoms with Gasteiger partial charge in [0.25, 0.3) is 0 Å². The first kappa shape index (κ1) is 29.2. The van der Waals surface area contributed by atoms with Crippen LogP contribution in [0.4, 0.5) is 0 Å². The molecule has 6 nitrogen and oxygen atoms in total. The molecule has 0 unspecified atom stereocenters. The standard InChI is InChI=1S/C48H28N6/c1-3-13-31(14-4-1)53-39-21-11-9-17-33(39)37-27-29(23-25-41(37)53)46-49-44-35-19-7-8-20-36(35)45-43(44)48(51-46)52-47(50-45)30-24-26-42-38(28-30)34-18-10-12-22-40(34)54(42)32-15-5-2-6-16-32/h1-28H. The molecule has 0 saturated carbocycles. The lowest BCUT2D eigenvalue weighted by molar-refractivity contribution is 1.16. The Morgan fingerprint density at radius 3 is 1.22 bits per heavy atom. The van der Waals surface area contributed by atoms with Gasteiger partial charge in [0.15, 0.2) is 17.3 Å². The molecule has 4 heterocycles. The number of hydrogen-bond acceptors (Lipinski definition) is 4. The Morgan fingerprint density at radius 1 is 0.333 bits per heavy atom. The molecule has 0 radical (unpaired) electrons. The summed E-state index contributed by atoms with van der Waals surface area (Å²) < 4.78 is 4.65. The Bertz CT molecular complexity index is 3100. The smallest absolute Gasteiger partial charge is 0.168 e. The first-order valence-corrected chi connectivity index (χ1v) is 18.2. The summed E-state index contributed by atoms with van der Waals surface area (Å²) in [6, 6.07) is 59.7. The topological polar surface area (TPSA) is 61.4 Å². The van der Waals surface area contributed by atoms with E-state index in [4.69, 9.17) is 19.9 Å². The zero-order valence-electron chi connectivity index (χ0n) is 28.8. The monoisotopic (exact) mass is 688 g/mol. The zero-order valence-corrected chi connectivity index (χ0v) is 28.8. The fourth-order valence-electron chi connectivity index (χ4n) is 8.51. The van der Waals surface area contributed by atoms with Gasteiger partial charge < -0.3 is 9.13 Å². The maximum atomic E-state index is 5.24. The maximum absolute atomic E-state index is 5.24. The minimum absolute atomic E-state index is 0.643. The molecule has 0 bridgehead atoms. The first-order chi connectivity index (χ1) is 26.8. The van der Waals surface area contributed by atoms with Crippen LogP contribution in [0.2, 0.25) is 0 Å². The van der Waals surface area contributed by atoms with E-state index in [0.29, 0.717) is 17.3 Å². The van der Waals surface area contributed by atoms with Crippen molar-refractivity contribution in [3.8, 4) is 56.7 Å². The lowest BCUT2D eigenvalue weighted by atomic mass is 10.1. The fraction of sp³-hybridized carbons (Fsp3) is 0. The Hall–Kier alpha value is -7.44. The van der Waals surface area contributed by atoms with Crippen LogP contribution in [0.15, 0.2) is 170 Å². The van der Waals surface area contributed by atoms with Crippen molar-refractivity contribution in [1.82, 2.24) is 29.1 Å². The number of hydrogen-bond donors (Lipinski definition) is 0. The lowest BCUT2D eigenvalue weighted by Crippen LogP contribution is -1.99. The molecule has 0 saturated heterocycles. The van der Waals surface area contributed by atoms with Gasteiger partial charge in [0, 0.05) is 55.2 Å². The zero-order chi connectivity index (χ0) is 35.3. The number of benzene rings is 7. The summed E-state index contributed by atoms with van der Waals surface area (Å²) in [4.78, 5) is 20.9. The molecular formula is C48H28N6. The second kappa shape index (κ2) is 11.0. The van der Waals surface area contributed by atoms with Crippen LogP contribution < -0.4 is 0 Å². The third-order valence-corrected chi connectivity index (χ3v) is 10.9. The van der Waals surface area contributed by atoms with Crippen LogP contribution in [0.5, 0.6) is 0 Å². The Kier molecular flexibility index (Phi) is 5.96. The lowest BCUT2D eigenvalue weighted by Gasteiger charge is -2.09. The Balaban J connectivity index is 1.07. The van der Waals surface area contributed by atoms with E-state index in [2.05, 4.69) is 179 Å². The highest BCUT2D eigenvalue weighted by molar-refractivity contribution is 6.14. The van der Waals surface area contributed by atoms with Crippen LogP contribution in [-0.4, -0.2) is 29.1 Å². The molecular weight excluding hydrogens is 661 g/mol. The van der Waals surface area contributed by atoms with Crippen molar-refractivity contribution in [2.45, 2.75) is 0 Å². The Labute approximate surface area is 309 Å². The summed E-state index contributed by atoms with van der Waals surface area (Å²) in [5.41, 5.74) is 13.2. The highest BCUT2D eigenvalue weighted by atomic mass is 15.0. The maximum Gasteiger partial charge on any atom is 0.168 e. The van der Waals surface area contributed by atoms with Crippen molar-refractivity contribution in [3.05, 3.63) is 170 Å². The molecule has 0 N–H and O–H groups in total. The summed E-state index contributed by atoms with van der Waals surface area (Å²) in [6.45, 7) is 0. The molecule has 12 rings (SSSR count). The van der Waals surface area contributed by atoms with Gasteiger partial charge in [-0.3, -0.25) is 0 Å². The molecule has 7 aromatic carbocycles. The Morgan fingerprint density at radius 2 is 0.741 bits per heavy atom. The quantitative estimate of drug-likeness (QED) is 0.185. The van der Waals surface area contributed by atoms with Crippen molar-refractivity contribution in [3.63, 3.8) is 0 Å². The molecule has 0 spiro atoms. The number of fused-ring (bicyclic) bond motifs is 9. The van der Waals surface area contributed by atoms with Crippen molar-refractivity contribution in [2.24, 2.45) is 0 Å². The van der Waals surface area contributed by atoms with Gasteiger partial charge in [0.05, 0.1) is 38.8 Å². The van der Waals surface area contributed by atoms with E-state index < -0.39 is 0 Å². The van der Waals surface area contributed by atoms with Crippen molar-refractivity contribution >= 4 is 54.6 Å². The van der Waals surface area contributed by atoms with Gasteiger partial charge in [-0.25, -0.2) is 19.9 Å². The summed E-state index contributed by atoms with van der Waals surface area (Å²) in [7, 11) is 0. The molecule has 6 heteroatoms. The van der Waals surface area contributed by atoms with E-state index in [1.807, 2.05) is 0 Å². The van der Waals surface area contributed by atoms with Gasteiger partial charge in [-0.1, -0.05) is 97.1 Å². The molecule has 11 aromatic rings. The predicted octanol–water partition coefficient (Wildman–Crippen LogP) is 11.6. The van der Waals surface area contributed by atoms with Gasteiger partial charge in [0.1, 0.15) is 0 Å². The molecule has 0 atom stereocenters. The molecule has 1 aliphatic carbocycles. The average Bonchev–Trinajstić information content (AvgIpc) is 3.87. The first-order valence-electron chi connectivity index (χ1n) is 18.2. The van der Waals surface area contributed by atoms with Crippen LogP contribution in [0.25, 0.3) is 111 Å². The van der Waals surface area contributed by atoms with Crippen molar-refractivity contribution < 1.29 is 0 Å². The summed E-state index contributed by atoms with van der Waals surface area (Å²) in [5, 5.41) is 5.57. The van der Waals surface area contributed by atoms with Crippen molar-refractivity contribution in [2.75, 3.05) is 0 Å². The fourth-order valence-corrected chi connectivity index (χ4v) is 8.51. The average molecular weight is 689 g/mol. The van der Waals surface area contributed by atoms with Crippen LogP contribution in [-0.2, 0) is 0 Å². The minimum Gasteiger partial charge on any atom is -0.309 e. The van der Waals surface area contributed by atoms with E-state index in [1.165, 1.54) is 10.8 Å². The second-order valence-electron chi connectivity index (χ2n) is 13.9. The van der Waals surface area contributed by atoms with Crippen molar-refractivity contribution in [1.29, 1.82) is 0 Å². The van der Waals surface area contributed by atoms with Crippen LogP contribution >= 0.6 is 0 Å². The number of para-hydroxylation sites is 4. The number of rotatable bonds is 4. The number of nitrogens with zero attached hydrogens (tertiary/aromatic N) is 6. The second-order valence-corrected chi connectivity index (χ2v) is 13.9. The minimum atomic E-state index is 0.643. The van der Waals surface area contributed by atoms with E-state index >= 15 is 0 Å². The summed E-state index contributed by atoms with van der Waals surface area (Å²) >= 11 is 0. The van der Waals surface area contributed by atoms with Gasteiger partial charge in [0.2, 0.25) is 0 Å². The van der Waals surface area contributed by atoms with Crippen LogP contribution in [0.1, 0.15) is 0 Å². The molecule has 0 amide bonds. The predicted molar refractivity (Wildman–Crippen MR) is 219 cm³/mol. The van der Waals surface area contributed by atoms with Gasteiger partial charge in [-0.15, -0.1) is 0 Å². The molecule has 4 aromatic heterocycles. The molecule has 54 heavy (non-hydrogen) atoms. The van der Waals surface area contributed by atoms with Gasteiger partial charge >= 0.3 is 0 Å². The largest absolute Gasteiger partial charge is 0.309 e. The van der Waals surface area contributed by atoms with E-state index in [1.54, 1.807) is 0 Å². The van der Waals surface area contributed by atoms with Gasteiger partial charge in [-0.2, -0.15) is 0 Å². The molecule has 1 aliphatic rings. The summed E-state index contributed by atoms with van der Waals surface area (Å²) in [5.74, 6) is 1.29. The van der Waals surface area contributed by atoms with E-state index in [-0.39, 0.29) is 0 Å². The normalized spacial score (nSPS) is 12.1. The molecule has 0 fully saturated rings. The number of aromatic nitrogens is 6. The third kappa shape index (κ3) is 4.10. The SMILES string of the molecule is c1ccc(-n2c3ccccc3c3cc(-c4nc5c6c(nc(-c7ccc8c(c7)c7ccccc7n8-c7ccccc7)nc6n4)-c4ccccc4-5)ccc32)cc1. The highest BCUT2D eigenvalue weighted by Crippen LogP contribution is 2.46. The molecule has 0 aliphatic heterocycles. The van der Waals surface area contributed by atoms with Gasteiger partial charge in [-0.05, 0) is 72.8 Å². The van der Waals surface area contributed by atoms with E-state index in [9.17, 15) is 0 Å². The van der Waals surface area contributed by atoms with E-state index in [0.717, 1.165) is 83.2 Å². The van der Waals surface area contributed by atoms with Crippen LogP contribution in [0, 0.1) is 0 Å². The third-order valence-electron chi connectivity index (χ3n) is 10.9. The summed E-state index contributed by atoms with van der Waals surface area (Å²) in [6.07, 6.45) is 0.